The molecule has 0 saturated heterocycles. The smallest absolute Gasteiger partial charge is 0.387 e. The van der Waals surface area contributed by atoms with Crippen LogP contribution in [-0.4, -0.2) is 49.5 Å². The number of halogens is 2. The average Bonchev–Trinajstić information content (AvgIpc) is 2.64. The number of para-hydroxylation sites is 1. The number of nitrogens with zero attached hydrogens (tertiary/aromatic N) is 1. The standard InChI is InChI=1S/C19H24F2N2O4S/c1-4-9-23-12(2)15(17(24)26-11-10-25-3)16(22-19(23)28)13-7-5-6-8-14(13)27-18(20)21/h5-8,16,18H,4,9-11H2,1-3H3,(H,22,28). The number of esters is 1. The lowest BCUT2D eigenvalue weighted by Crippen LogP contribution is -2.48. The van der Waals surface area contributed by atoms with Gasteiger partial charge in [0.1, 0.15) is 12.4 Å². The van der Waals surface area contributed by atoms with Crippen LogP contribution < -0.4 is 10.1 Å². The van der Waals surface area contributed by atoms with Gasteiger partial charge in [0.25, 0.3) is 0 Å². The second-order valence-electron chi connectivity index (χ2n) is 6.08. The number of hydrogen-bond donors (Lipinski definition) is 1. The summed E-state index contributed by atoms with van der Waals surface area (Å²) in [6.07, 6.45) is 0.806. The molecule has 0 saturated carbocycles. The van der Waals surface area contributed by atoms with Gasteiger partial charge in [0.2, 0.25) is 0 Å². The Morgan fingerprint density at radius 3 is 2.68 bits per heavy atom. The molecule has 1 aliphatic heterocycles. The van der Waals surface area contributed by atoms with Gasteiger partial charge < -0.3 is 24.4 Å². The van der Waals surface area contributed by atoms with E-state index in [2.05, 4.69) is 10.1 Å². The van der Waals surface area contributed by atoms with Crippen LogP contribution in [0.4, 0.5) is 8.78 Å². The zero-order valence-corrected chi connectivity index (χ0v) is 16.9. The van der Waals surface area contributed by atoms with Crippen molar-refractivity contribution in [1.82, 2.24) is 10.2 Å². The zero-order chi connectivity index (χ0) is 20.7. The molecule has 1 aliphatic rings. The Kier molecular flexibility index (Phi) is 8.13. The third-order valence-corrected chi connectivity index (χ3v) is 4.57. The first-order valence-electron chi connectivity index (χ1n) is 8.89. The van der Waals surface area contributed by atoms with Gasteiger partial charge in [-0.3, -0.25) is 0 Å². The summed E-state index contributed by atoms with van der Waals surface area (Å²) in [5.41, 5.74) is 1.28. The van der Waals surface area contributed by atoms with E-state index in [0.29, 0.717) is 28.5 Å². The van der Waals surface area contributed by atoms with Crippen LogP contribution in [0.2, 0.25) is 0 Å². The maximum Gasteiger partial charge on any atom is 0.387 e. The first-order chi connectivity index (χ1) is 13.4. The maximum absolute atomic E-state index is 12.9. The number of methoxy groups -OCH3 is 1. The Morgan fingerprint density at radius 2 is 2.04 bits per heavy atom. The summed E-state index contributed by atoms with van der Waals surface area (Å²) in [5, 5.41) is 3.48. The molecule has 0 radical (unpaired) electrons. The van der Waals surface area contributed by atoms with Gasteiger partial charge >= 0.3 is 12.6 Å². The van der Waals surface area contributed by atoms with Gasteiger partial charge in [-0.2, -0.15) is 8.78 Å². The minimum absolute atomic E-state index is 0.0308. The number of carbonyl (C=O) groups is 1. The Labute approximate surface area is 168 Å². The van der Waals surface area contributed by atoms with Gasteiger partial charge in [0.05, 0.1) is 18.2 Å². The molecule has 1 aromatic carbocycles. The van der Waals surface area contributed by atoms with Crippen molar-refractivity contribution >= 4 is 23.3 Å². The summed E-state index contributed by atoms with van der Waals surface area (Å²) in [5.74, 6) is -0.598. The second kappa shape index (κ2) is 10.3. The zero-order valence-electron chi connectivity index (χ0n) is 16.0. The van der Waals surface area contributed by atoms with Crippen LogP contribution in [0.3, 0.4) is 0 Å². The van der Waals surface area contributed by atoms with Crippen LogP contribution in [0.1, 0.15) is 31.9 Å². The van der Waals surface area contributed by atoms with E-state index >= 15 is 0 Å². The van der Waals surface area contributed by atoms with Gasteiger partial charge in [0, 0.05) is 24.9 Å². The van der Waals surface area contributed by atoms with Crippen molar-refractivity contribution in [2.75, 3.05) is 26.9 Å². The van der Waals surface area contributed by atoms with Gasteiger partial charge in [-0.25, -0.2) is 4.79 Å². The SMILES string of the molecule is CCCN1C(=S)NC(c2ccccc2OC(F)F)C(C(=O)OCCOC)=C1C. The van der Waals surface area contributed by atoms with E-state index in [0.717, 1.165) is 6.42 Å². The number of allylic oxidation sites excluding steroid dienone is 1. The molecule has 1 aromatic rings. The van der Waals surface area contributed by atoms with Crippen LogP contribution in [0.15, 0.2) is 35.5 Å². The largest absolute Gasteiger partial charge is 0.460 e. The summed E-state index contributed by atoms with van der Waals surface area (Å²) in [7, 11) is 1.50. The van der Waals surface area contributed by atoms with E-state index in [1.165, 1.54) is 13.2 Å². The summed E-state index contributed by atoms with van der Waals surface area (Å²) in [6, 6.07) is 5.53. The number of benzene rings is 1. The molecule has 154 valence electrons. The lowest BCUT2D eigenvalue weighted by molar-refractivity contribution is -0.140. The molecule has 9 heteroatoms. The molecular weight excluding hydrogens is 390 g/mol. The fourth-order valence-corrected chi connectivity index (χ4v) is 3.34. The average molecular weight is 414 g/mol. The van der Waals surface area contributed by atoms with E-state index in [1.807, 2.05) is 6.92 Å². The third kappa shape index (κ3) is 5.17. The predicted octanol–water partition coefficient (Wildman–Crippen LogP) is 3.39. The number of rotatable bonds is 9. The predicted molar refractivity (Wildman–Crippen MR) is 104 cm³/mol. The molecule has 0 aliphatic carbocycles. The van der Waals surface area contributed by atoms with Crippen LogP contribution in [0.25, 0.3) is 0 Å². The molecule has 0 amide bonds. The third-order valence-electron chi connectivity index (χ3n) is 4.23. The normalized spacial score (nSPS) is 17.0. The first-order valence-corrected chi connectivity index (χ1v) is 9.30. The van der Waals surface area contributed by atoms with Crippen LogP contribution in [0, 0.1) is 0 Å². The van der Waals surface area contributed by atoms with E-state index in [-0.39, 0.29) is 19.0 Å². The fraction of sp³-hybridized carbons (Fsp3) is 0.474. The van der Waals surface area contributed by atoms with Crippen molar-refractivity contribution in [2.24, 2.45) is 0 Å². The topological polar surface area (TPSA) is 60.0 Å². The van der Waals surface area contributed by atoms with E-state index in [4.69, 9.17) is 21.7 Å². The van der Waals surface area contributed by atoms with E-state index in [1.54, 1.807) is 30.0 Å². The quantitative estimate of drug-likeness (QED) is 0.378. The minimum Gasteiger partial charge on any atom is -0.460 e. The van der Waals surface area contributed by atoms with E-state index < -0.39 is 18.6 Å². The molecule has 6 nitrogen and oxygen atoms in total. The van der Waals surface area contributed by atoms with Gasteiger partial charge in [0.15, 0.2) is 5.11 Å². The van der Waals surface area contributed by atoms with Crippen molar-refractivity contribution in [3.63, 3.8) is 0 Å². The van der Waals surface area contributed by atoms with Crippen molar-refractivity contribution in [3.05, 3.63) is 41.1 Å². The lowest BCUT2D eigenvalue weighted by Gasteiger charge is -2.37. The number of hydrogen-bond acceptors (Lipinski definition) is 5. The molecule has 1 heterocycles. The van der Waals surface area contributed by atoms with Crippen molar-refractivity contribution in [2.45, 2.75) is 32.9 Å². The minimum atomic E-state index is -2.99. The molecule has 0 spiro atoms. The van der Waals surface area contributed by atoms with Crippen LogP contribution in [0.5, 0.6) is 5.75 Å². The summed E-state index contributed by atoms with van der Waals surface area (Å²) in [4.78, 5) is 14.6. The fourth-order valence-electron chi connectivity index (χ4n) is 2.99. The number of carbonyl (C=O) groups excluding carboxylic acids is 1. The van der Waals surface area contributed by atoms with Crippen molar-refractivity contribution < 1.29 is 27.8 Å². The Hall–Kier alpha value is -2.26. The molecule has 1 atom stereocenters. The molecule has 1 unspecified atom stereocenters. The summed E-state index contributed by atoms with van der Waals surface area (Å²) in [6.45, 7) is 1.69. The maximum atomic E-state index is 12.9. The highest BCUT2D eigenvalue weighted by Crippen LogP contribution is 2.36. The number of thiocarbonyl (C=S) groups is 1. The lowest BCUT2D eigenvalue weighted by atomic mass is 9.94. The first kappa shape index (κ1) is 22.0. The molecule has 0 aromatic heterocycles. The van der Waals surface area contributed by atoms with Gasteiger partial charge in [-0.1, -0.05) is 25.1 Å². The Morgan fingerprint density at radius 1 is 1.32 bits per heavy atom. The molecule has 0 bridgehead atoms. The number of ether oxygens (including phenoxy) is 3. The Bertz CT molecular complexity index is 742. The highest BCUT2D eigenvalue weighted by Gasteiger charge is 2.36. The Balaban J connectivity index is 2.49. The number of alkyl halides is 2. The second-order valence-corrected chi connectivity index (χ2v) is 6.46. The van der Waals surface area contributed by atoms with E-state index in [9.17, 15) is 13.6 Å². The molecule has 2 rings (SSSR count). The van der Waals surface area contributed by atoms with Crippen molar-refractivity contribution in [3.8, 4) is 5.75 Å². The van der Waals surface area contributed by atoms with Crippen molar-refractivity contribution in [1.29, 1.82) is 0 Å². The summed E-state index contributed by atoms with van der Waals surface area (Å²) >= 11 is 5.44. The monoisotopic (exact) mass is 414 g/mol. The number of nitrogens with one attached hydrogen (secondary N) is 1. The highest BCUT2D eigenvalue weighted by atomic mass is 32.1. The molecule has 1 N–H and O–H groups in total. The highest BCUT2D eigenvalue weighted by molar-refractivity contribution is 7.80. The van der Waals surface area contributed by atoms with Gasteiger partial charge in [-0.05, 0) is 31.6 Å². The molecule has 0 fully saturated rings. The van der Waals surface area contributed by atoms with Gasteiger partial charge in [-0.15, -0.1) is 0 Å². The molecule has 28 heavy (non-hydrogen) atoms. The van der Waals surface area contributed by atoms with Crippen LogP contribution >= 0.6 is 12.2 Å². The molecular formula is C19H24F2N2O4S. The summed E-state index contributed by atoms with van der Waals surface area (Å²) < 4.78 is 40.6. The van der Waals surface area contributed by atoms with Crippen LogP contribution in [-0.2, 0) is 14.3 Å².